The summed E-state index contributed by atoms with van der Waals surface area (Å²) in [5.74, 6) is 0.902. The molecule has 174 valence electrons. The fourth-order valence-corrected chi connectivity index (χ4v) is 3.35. The van der Waals surface area contributed by atoms with Crippen molar-refractivity contribution < 1.29 is 9.66 Å². The Balaban J connectivity index is 1.47. The number of non-ortho nitro benzene ring substituents is 1. The van der Waals surface area contributed by atoms with Crippen LogP contribution in [0.5, 0.6) is 5.75 Å². The Bertz CT molecular complexity index is 1530. The van der Waals surface area contributed by atoms with Crippen LogP contribution in [0, 0.1) is 10.1 Å². The average molecular weight is 463 g/mol. The first-order valence-electron chi connectivity index (χ1n) is 10.1. The summed E-state index contributed by atoms with van der Waals surface area (Å²) in [5, 5.41) is 14.9. The van der Waals surface area contributed by atoms with E-state index in [-0.39, 0.29) is 23.5 Å². The molecule has 2 aromatic heterocycles. The lowest BCUT2D eigenvalue weighted by Crippen LogP contribution is -2.37. The molecule has 0 bridgehead atoms. The van der Waals surface area contributed by atoms with Crippen molar-refractivity contribution in [3.05, 3.63) is 90.6 Å². The second-order valence-corrected chi connectivity index (χ2v) is 7.53. The molecule has 12 nitrogen and oxygen atoms in total. The van der Waals surface area contributed by atoms with E-state index in [1.807, 2.05) is 6.07 Å². The van der Waals surface area contributed by atoms with E-state index in [1.165, 1.54) is 28.3 Å². The van der Waals surface area contributed by atoms with Crippen LogP contribution in [0.1, 0.15) is 11.1 Å². The number of nitro groups is 1. The summed E-state index contributed by atoms with van der Waals surface area (Å²) in [5.41, 5.74) is 4.01. The van der Waals surface area contributed by atoms with Crippen molar-refractivity contribution in [1.82, 2.24) is 18.7 Å². The van der Waals surface area contributed by atoms with Gasteiger partial charge in [-0.05, 0) is 35.4 Å². The molecule has 0 radical (unpaired) electrons. The minimum absolute atomic E-state index is 0.0256. The Labute approximate surface area is 192 Å². The highest BCUT2D eigenvalue weighted by Gasteiger charge is 2.16. The quantitative estimate of drug-likeness (QED) is 0.251. The van der Waals surface area contributed by atoms with Crippen molar-refractivity contribution in [2.75, 3.05) is 5.43 Å². The zero-order valence-corrected chi connectivity index (χ0v) is 18.6. The van der Waals surface area contributed by atoms with E-state index in [0.717, 1.165) is 15.7 Å². The van der Waals surface area contributed by atoms with E-state index in [9.17, 15) is 19.7 Å². The molecule has 0 saturated heterocycles. The zero-order valence-electron chi connectivity index (χ0n) is 18.6. The van der Waals surface area contributed by atoms with Gasteiger partial charge in [-0.1, -0.05) is 12.1 Å². The molecule has 0 aliphatic heterocycles. The van der Waals surface area contributed by atoms with E-state index in [0.29, 0.717) is 11.7 Å². The van der Waals surface area contributed by atoms with Gasteiger partial charge in [-0.15, -0.1) is 0 Å². The second kappa shape index (κ2) is 9.02. The minimum Gasteiger partial charge on any atom is -0.489 e. The first-order chi connectivity index (χ1) is 16.3. The number of nitrogens with one attached hydrogen (secondary N) is 1. The number of fused-ring (bicyclic) bond motifs is 1. The molecule has 0 saturated carbocycles. The van der Waals surface area contributed by atoms with Crippen molar-refractivity contribution in [1.29, 1.82) is 0 Å². The van der Waals surface area contributed by atoms with E-state index >= 15 is 0 Å². The fourth-order valence-electron chi connectivity index (χ4n) is 3.35. The van der Waals surface area contributed by atoms with Gasteiger partial charge in [0, 0.05) is 33.3 Å². The third-order valence-corrected chi connectivity index (χ3v) is 5.26. The SMILES string of the molecule is Cn1c(=O)c2c(nc(N/N=C\c3cccc(OCc4ccc([N+](=O)[O-])cc4)c3)n2C)n(C)c1=O. The third kappa shape index (κ3) is 4.28. The summed E-state index contributed by atoms with van der Waals surface area (Å²) in [6, 6.07) is 13.4. The van der Waals surface area contributed by atoms with Crippen LogP contribution < -0.4 is 21.4 Å². The smallest absolute Gasteiger partial charge is 0.332 e. The maximum absolute atomic E-state index is 12.5. The van der Waals surface area contributed by atoms with Gasteiger partial charge in [0.2, 0.25) is 5.95 Å². The summed E-state index contributed by atoms with van der Waals surface area (Å²) in [6.07, 6.45) is 1.56. The summed E-state index contributed by atoms with van der Waals surface area (Å²) >= 11 is 0. The van der Waals surface area contributed by atoms with E-state index in [2.05, 4.69) is 15.5 Å². The molecule has 0 aliphatic rings. The maximum atomic E-state index is 12.5. The summed E-state index contributed by atoms with van der Waals surface area (Å²) in [4.78, 5) is 39.2. The topological polar surface area (TPSA) is 139 Å². The molecule has 34 heavy (non-hydrogen) atoms. The van der Waals surface area contributed by atoms with Gasteiger partial charge >= 0.3 is 5.69 Å². The third-order valence-electron chi connectivity index (χ3n) is 5.26. The average Bonchev–Trinajstić information content (AvgIpc) is 3.17. The van der Waals surface area contributed by atoms with Gasteiger partial charge in [0.05, 0.1) is 11.1 Å². The van der Waals surface area contributed by atoms with Crippen LogP contribution >= 0.6 is 0 Å². The van der Waals surface area contributed by atoms with Gasteiger partial charge < -0.3 is 9.30 Å². The van der Waals surface area contributed by atoms with Crippen molar-refractivity contribution in [3.63, 3.8) is 0 Å². The second-order valence-electron chi connectivity index (χ2n) is 7.53. The van der Waals surface area contributed by atoms with E-state index < -0.39 is 16.2 Å². The fraction of sp³-hybridized carbons (Fsp3) is 0.182. The molecule has 0 fully saturated rings. The molecule has 2 heterocycles. The molecule has 1 N–H and O–H groups in total. The highest BCUT2D eigenvalue weighted by molar-refractivity contribution is 5.81. The first-order valence-corrected chi connectivity index (χ1v) is 10.1. The van der Waals surface area contributed by atoms with Crippen LogP contribution in [-0.2, 0) is 27.7 Å². The number of anilines is 1. The van der Waals surface area contributed by atoms with Crippen molar-refractivity contribution >= 4 is 29.0 Å². The molecule has 2 aromatic carbocycles. The number of benzene rings is 2. The number of hydrogen-bond donors (Lipinski definition) is 1. The number of nitrogens with zero attached hydrogens (tertiary/aromatic N) is 6. The number of hydrogen-bond acceptors (Lipinski definition) is 8. The Morgan fingerprint density at radius 2 is 1.82 bits per heavy atom. The summed E-state index contributed by atoms with van der Waals surface area (Å²) in [6.45, 7) is 0.254. The van der Waals surface area contributed by atoms with Crippen LogP contribution in [0.4, 0.5) is 11.6 Å². The predicted octanol–water partition coefficient (Wildman–Crippen LogP) is 1.90. The lowest BCUT2D eigenvalue weighted by atomic mass is 10.2. The molecule has 0 atom stereocenters. The molecule has 4 rings (SSSR count). The van der Waals surface area contributed by atoms with Crippen LogP contribution in [0.15, 0.2) is 63.2 Å². The molecule has 0 amide bonds. The van der Waals surface area contributed by atoms with Crippen LogP contribution in [0.2, 0.25) is 0 Å². The van der Waals surface area contributed by atoms with Gasteiger partial charge in [-0.25, -0.2) is 10.2 Å². The molecule has 0 unspecified atom stereocenters. The monoisotopic (exact) mass is 463 g/mol. The largest absolute Gasteiger partial charge is 0.489 e. The normalized spacial score (nSPS) is 11.3. The van der Waals surface area contributed by atoms with E-state index in [1.54, 1.807) is 50.6 Å². The molecular formula is C22H21N7O5. The Morgan fingerprint density at radius 3 is 2.53 bits per heavy atom. The molecule has 4 aromatic rings. The van der Waals surface area contributed by atoms with Gasteiger partial charge in [0.25, 0.3) is 11.2 Å². The molecule has 12 heteroatoms. The number of aromatic nitrogens is 4. The standard InChI is InChI=1S/C22H21N7O5/c1-26-18-19(27(2)22(31)28(3)20(18)30)24-21(26)25-23-12-15-5-4-6-17(11-15)34-13-14-7-9-16(10-8-14)29(32)33/h4-12H,13H2,1-3H3,(H,24,25)/b23-12-. The lowest BCUT2D eigenvalue weighted by Gasteiger charge is -2.07. The van der Waals surface area contributed by atoms with Crippen molar-refractivity contribution in [2.24, 2.45) is 26.2 Å². The van der Waals surface area contributed by atoms with Gasteiger partial charge in [0.15, 0.2) is 11.2 Å². The Kier molecular flexibility index (Phi) is 5.95. The van der Waals surface area contributed by atoms with Crippen molar-refractivity contribution in [3.8, 4) is 5.75 Å². The predicted molar refractivity (Wildman–Crippen MR) is 126 cm³/mol. The summed E-state index contributed by atoms with van der Waals surface area (Å²) in [7, 11) is 4.62. The Hall–Kier alpha value is -4.74. The maximum Gasteiger partial charge on any atom is 0.332 e. The number of aryl methyl sites for hydroxylation is 2. The van der Waals surface area contributed by atoms with Gasteiger partial charge in [-0.2, -0.15) is 10.1 Å². The number of ether oxygens (including phenoxy) is 1. The first kappa shape index (κ1) is 22.5. The lowest BCUT2D eigenvalue weighted by molar-refractivity contribution is -0.384. The highest BCUT2D eigenvalue weighted by Crippen LogP contribution is 2.17. The summed E-state index contributed by atoms with van der Waals surface area (Å²) < 4.78 is 9.64. The highest BCUT2D eigenvalue weighted by atomic mass is 16.6. The van der Waals surface area contributed by atoms with Crippen LogP contribution in [0.3, 0.4) is 0 Å². The number of nitro benzene ring substituents is 1. The van der Waals surface area contributed by atoms with Gasteiger partial charge in [0.1, 0.15) is 12.4 Å². The van der Waals surface area contributed by atoms with Gasteiger partial charge in [-0.3, -0.25) is 24.0 Å². The molecule has 0 spiro atoms. The minimum atomic E-state index is -0.462. The molecular weight excluding hydrogens is 442 g/mol. The number of hydrazone groups is 1. The van der Waals surface area contributed by atoms with Crippen LogP contribution in [-0.4, -0.2) is 29.8 Å². The van der Waals surface area contributed by atoms with Crippen molar-refractivity contribution in [2.45, 2.75) is 6.61 Å². The number of imidazole rings is 1. The van der Waals surface area contributed by atoms with E-state index in [4.69, 9.17) is 4.74 Å². The zero-order chi connectivity index (χ0) is 24.4. The number of rotatable bonds is 7. The van der Waals surface area contributed by atoms with Crippen LogP contribution in [0.25, 0.3) is 11.2 Å². The Morgan fingerprint density at radius 1 is 1.09 bits per heavy atom. The molecule has 0 aliphatic carbocycles.